The molecule has 8 heteroatoms. The second-order valence-corrected chi connectivity index (χ2v) is 8.58. The van der Waals surface area contributed by atoms with E-state index in [0.717, 1.165) is 20.5 Å². The number of hydrogen-bond donors (Lipinski definition) is 2. The van der Waals surface area contributed by atoms with E-state index < -0.39 is 16.0 Å². The smallest absolute Gasteiger partial charge is 0.346 e. The molecule has 0 fully saturated rings. The molecule has 21 heavy (non-hydrogen) atoms. The van der Waals surface area contributed by atoms with Crippen LogP contribution in [0.1, 0.15) is 20.8 Å². The predicted octanol–water partition coefficient (Wildman–Crippen LogP) is 3.47. The van der Waals surface area contributed by atoms with Crippen LogP contribution in [0, 0.1) is 17.4 Å². The Morgan fingerprint density at radius 3 is 2.43 bits per heavy atom. The molecule has 0 amide bonds. The van der Waals surface area contributed by atoms with Gasteiger partial charge in [-0.15, -0.1) is 11.3 Å². The first-order valence-electron chi connectivity index (χ1n) is 5.83. The van der Waals surface area contributed by atoms with Crippen LogP contribution in [0.4, 0.5) is 5.69 Å². The number of thiophene rings is 1. The van der Waals surface area contributed by atoms with Gasteiger partial charge in [-0.2, -0.15) is 0 Å². The summed E-state index contributed by atoms with van der Waals surface area (Å²) in [6, 6.07) is 6.59. The fraction of sp³-hybridized carbons (Fsp3) is 0.154. The molecule has 0 aliphatic heterocycles. The van der Waals surface area contributed by atoms with Gasteiger partial charge in [-0.1, -0.05) is 6.07 Å². The zero-order chi connectivity index (χ0) is 15.8. The SMILES string of the molecule is Cc1ccc(NS(=O)(=O)c2cc(C)c(C(=O)O)s2)cc1I. The third-order valence-electron chi connectivity index (χ3n) is 2.78. The molecule has 0 saturated carbocycles. The number of carboxylic acid groups (broad SMARTS) is 1. The van der Waals surface area contributed by atoms with Crippen molar-refractivity contribution in [2.75, 3.05) is 4.72 Å². The highest BCUT2D eigenvalue weighted by Gasteiger charge is 2.21. The molecular formula is C13H12INO4S2. The first kappa shape index (κ1) is 16.2. The molecule has 0 unspecified atom stereocenters. The summed E-state index contributed by atoms with van der Waals surface area (Å²) >= 11 is 2.87. The van der Waals surface area contributed by atoms with Crippen LogP contribution in [-0.4, -0.2) is 19.5 Å². The normalized spacial score (nSPS) is 11.4. The molecule has 1 aromatic heterocycles. The minimum Gasteiger partial charge on any atom is -0.477 e. The number of halogens is 1. The lowest BCUT2D eigenvalue weighted by Gasteiger charge is -2.07. The predicted molar refractivity (Wildman–Crippen MR) is 90.7 cm³/mol. The molecule has 2 rings (SSSR count). The highest BCUT2D eigenvalue weighted by atomic mass is 127. The molecule has 0 bridgehead atoms. The van der Waals surface area contributed by atoms with Crippen molar-refractivity contribution in [3.8, 4) is 0 Å². The number of carbonyl (C=O) groups is 1. The van der Waals surface area contributed by atoms with E-state index in [9.17, 15) is 13.2 Å². The summed E-state index contributed by atoms with van der Waals surface area (Å²) in [4.78, 5) is 11.0. The van der Waals surface area contributed by atoms with Gasteiger partial charge in [-0.25, -0.2) is 13.2 Å². The molecular weight excluding hydrogens is 425 g/mol. The van der Waals surface area contributed by atoms with Gasteiger partial charge in [-0.05, 0) is 65.8 Å². The lowest BCUT2D eigenvalue weighted by atomic mass is 10.2. The monoisotopic (exact) mass is 437 g/mol. The molecule has 0 aliphatic rings. The number of hydrogen-bond acceptors (Lipinski definition) is 4. The summed E-state index contributed by atoms with van der Waals surface area (Å²) in [5.74, 6) is -1.12. The molecule has 2 aromatic rings. The van der Waals surface area contributed by atoms with Crippen LogP contribution in [-0.2, 0) is 10.0 Å². The summed E-state index contributed by atoms with van der Waals surface area (Å²) < 4.78 is 28.0. The van der Waals surface area contributed by atoms with Crippen LogP contribution < -0.4 is 4.72 Å². The number of nitrogens with one attached hydrogen (secondary N) is 1. The second kappa shape index (κ2) is 5.93. The topological polar surface area (TPSA) is 83.5 Å². The van der Waals surface area contributed by atoms with Gasteiger partial charge < -0.3 is 5.11 Å². The van der Waals surface area contributed by atoms with Gasteiger partial charge in [0, 0.05) is 9.26 Å². The van der Waals surface area contributed by atoms with Gasteiger partial charge in [0.15, 0.2) is 0 Å². The fourth-order valence-electron chi connectivity index (χ4n) is 1.66. The molecule has 0 saturated heterocycles. The van der Waals surface area contributed by atoms with Crippen molar-refractivity contribution in [1.82, 2.24) is 0 Å². The third-order valence-corrected chi connectivity index (χ3v) is 7.02. The summed E-state index contributed by atoms with van der Waals surface area (Å²) in [5.41, 5.74) is 1.94. The Kier molecular flexibility index (Phi) is 4.59. The van der Waals surface area contributed by atoms with Crippen molar-refractivity contribution >= 4 is 55.6 Å². The van der Waals surface area contributed by atoms with Crippen LogP contribution in [0.5, 0.6) is 0 Å². The van der Waals surface area contributed by atoms with Gasteiger partial charge in [0.1, 0.15) is 9.09 Å². The van der Waals surface area contributed by atoms with Crippen molar-refractivity contribution in [2.45, 2.75) is 18.1 Å². The summed E-state index contributed by atoms with van der Waals surface area (Å²) in [6.07, 6.45) is 0. The highest BCUT2D eigenvalue weighted by molar-refractivity contribution is 14.1. The molecule has 1 aromatic carbocycles. The fourth-order valence-corrected chi connectivity index (χ4v) is 4.60. The third kappa shape index (κ3) is 3.55. The average Bonchev–Trinajstić information content (AvgIpc) is 2.77. The van der Waals surface area contributed by atoms with E-state index in [0.29, 0.717) is 11.3 Å². The first-order chi connectivity index (χ1) is 9.70. The highest BCUT2D eigenvalue weighted by Crippen LogP contribution is 2.28. The quantitative estimate of drug-likeness (QED) is 0.718. The van der Waals surface area contributed by atoms with Crippen LogP contribution in [0.3, 0.4) is 0 Å². The van der Waals surface area contributed by atoms with Crippen molar-refractivity contribution in [1.29, 1.82) is 0 Å². The number of sulfonamides is 1. The molecule has 112 valence electrons. The Labute approximate surface area is 140 Å². The van der Waals surface area contributed by atoms with Gasteiger partial charge in [0.05, 0.1) is 0 Å². The molecule has 0 atom stereocenters. The van der Waals surface area contributed by atoms with Gasteiger partial charge in [-0.3, -0.25) is 4.72 Å². The van der Waals surface area contributed by atoms with E-state index in [1.54, 1.807) is 19.1 Å². The molecule has 0 radical (unpaired) electrons. The standard InChI is InChI=1S/C13H12INO4S2/c1-7-3-4-9(6-10(7)14)15-21(18,19)11-5-8(2)12(20-11)13(16)17/h3-6,15H,1-2H3,(H,16,17). The van der Waals surface area contributed by atoms with Crippen molar-refractivity contribution in [3.63, 3.8) is 0 Å². The van der Waals surface area contributed by atoms with Crippen LogP contribution >= 0.6 is 33.9 Å². The van der Waals surface area contributed by atoms with E-state index in [1.165, 1.54) is 6.07 Å². The Morgan fingerprint density at radius 1 is 1.24 bits per heavy atom. The average molecular weight is 437 g/mol. The first-order valence-corrected chi connectivity index (χ1v) is 9.21. The van der Waals surface area contributed by atoms with Crippen molar-refractivity contribution in [2.24, 2.45) is 0 Å². The van der Waals surface area contributed by atoms with E-state index in [4.69, 9.17) is 5.11 Å². The molecule has 0 spiro atoms. The minimum absolute atomic E-state index is 0.00650. The maximum absolute atomic E-state index is 12.3. The largest absolute Gasteiger partial charge is 0.477 e. The zero-order valence-corrected chi connectivity index (χ0v) is 15.0. The Balaban J connectivity index is 2.36. The second-order valence-electron chi connectivity index (χ2n) is 4.45. The Morgan fingerprint density at radius 2 is 1.90 bits per heavy atom. The number of aromatic carboxylic acids is 1. The zero-order valence-electron chi connectivity index (χ0n) is 11.2. The minimum atomic E-state index is -3.78. The molecule has 0 aliphatic carbocycles. The summed E-state index contributed by atoms with van der Waals surface area (Å²) in [7, 11) is -3.78. The van der Waals surface area contributed by atoms with Gasteiger partial charge in [0.2, 0.25) is 0 Å². The van der Waals surface area contributed by atoms with Gasteiger partial charge in [0.25, 0.3) is 10.0 Å². The van der Waals surface area contributed by atoms with Crippen LogP contribution in [0.2, 0.25) is 0 Å². The van der Waals surface area contributed by atoms with Crippen molar-refractivity contribution in [3.05, 3.63) is 43.8 Å². The van der Waals surface area contributed by atoms with E-state index in [2.05, 4.69) is 27.3 Å². The Bertz CT molecular complexity index is 812. The number of carboxylic acids is 1. The lowest BCUT2D eigenvalue weighted by molar-refractivity contribution is 0.0701. The Hall–Kier alpha value is -1.13. The number of anilines is 1. The van der Waals surface area contributed by atoms with E-state index >= 15 is 0 Å². The number of rotatable bonds is 4. The summed E-state index contributed by atoms with van der Waals surface area (Å²) in [6.45, 7) is 3.51. The molecule has 1 heterocycles. The van der Waals surface area contributed by atoms with Gasteiger partial charge >= 0.3 is 5.97 Å². The lowest BCUT2D eigenvalue weighted by Crippen LogP contribution is -2.11. The number of benzene rings is 1. The van der Waals surface area contributed by atoms with E-state index in [1.807, 2.05) is 13.0 Å². The maximum Gasteiger partial charge on any atom is 0.346 e. The van der Waals surface area contributed by atoms with Crippen LogP contribution in [0.15, 0.2) is 28.5 Å². The summed E-state index contributed by atoms with van der Waals surface area (Å²) in [5, 5.41) is 9.00. The number of aryl methyl sites for hydroxylation is 2. The maximum atomic E-state index is 12.3. The molecule has 2 N–H and O–H groups in total. The van der Waals surface area contributed by atoms with Crippen LogP contribution in [0.25, 0.3) is 0 Å². The van der Waals surface area contributed by atoms with E-state index in [-0.39, 0.29) is 9.09 Å². The van der Waals surface area contributed by atoms with Crippen molar-refractivity contribution < 1.29 is 18.3 Å². The molecule has 5 nitrogen and oxygen atoms in total.